The van der Waals surface area contributed by atoms with Crippen molar-refractivity contribution in [3.8, 4) is 0 Å². The maximum Gasteiger partial charge on any atom is 0.334 e. The first-order chi connectivity index (χ1) is 20.8. The summed E-state index contributed by atoms with van der Waals surface area (Å²) in [5.41, 5.74) is 0.584. The van der Waals surface area contributed by atoms with E-state index in [1.54, 1.807) is 6.08 Å². The molecule has 0 radical (unpaired) electrons. The van der Waals surface area contributed by atoms with Crippen molar-refractivity contribution in [2.75, 3.05) is 0 Å². The van der Waals surface area contributed by atoms with Crippen LogP contribution in [0.1, 0.15) is 162 Å². The molecule has 0 fully saturated rings. The Bertz CT molecular complexity index is 760. The summed E-state index contributed by atoms with van der Waals surface area (Å²) < 4.78 is 5.06. The van der Waals surface area contributed by atoms with Crippen LogP contribution in [-0.4, -0.2) is 56.9 Å². The lowest BCUT2D eigenvalue weighted by Gasteiger charge is -2.17. The van der Waals surface area contributed by atoms with Gasteiger partial charge in [0.2, 0.25) is 0 Å². The Kier molecular flexibility index (Phi) is 24.7. The Labute approximate surface area is 263 Å². The molecule has 1 heterocycles. The lowest BCUT2D eigenvalue weighted by atomic mass is 10.0. The largest absolute Gasteiger partial charge is 0.455 e. The summed E-state index contributed by atoms with van der Waals surface area (Å²) >= 11 is 0. The lowest BCUT2D eigenvalue weighted by molar-refractivity contribution is -0.139. The van der Waals surface area contributed by atoms with E-state index in [2.05, 4.69) is 31.2 Å². The van der Waals surface area contributed by atoms with Crippen LogP contribution in [-0.2, 0) is 9.53 Å². The summed E-state index contributed by atoms with van der Waals surface area (Å²) in [6.45, 7) is 4.07. The van der Waals surface area contributed by atoms with E-state index >= 15 is 0 Å². The minimum atomic E-state index is -0.632. The fourth-order valence-corrected chi connectivity index (χ4v) is 5.66. The molecule has 43 heavy (non-hydrogen) atoms. The second-order valence-electron chi connectivity index (χ2n) is 12.7. The predicted molar refractivity (Wildman–Crippen MR) is 178 cm³/mol. The number of aliphatic hydroxyl groups excluding tert-OH is 4. The predicted octanol–water partition coefficient (Wildman–Crippen LogP) is 8.41. The van der Waals surface area contributed by atoms with Gasteiger partial charge < -0.3 is 25.2 Å². The molecule has 0 spiro atoms. The van der Waals surface area contributed by atoms with Gasteiger partial charge in [-0.2, -0.15) is 0 Å². The highest BCUT2D eigenvalue weighted by Gasteiger charge is 2.24. The molecule has 0 saturated heterocycles. The maximum atomic E-state index is 11.6. The van der Waals surface area contributed by atoms with Gasteiger partial charge in [0.15, 0.2) is 0 Å². The fraction of sp³-hybridized carbons (Fsp3) is 0.811. The van der Waals surface area contributed by atoms with E-state index in [0.717, 1.165) is 70.6 Å². The minimum absolute atomic E-state index is 0.191. The SMILES string of the molecule is CCCCCCCCCCCC[C@@H](O)[C@@H](O)CC/C=C/CC/C=C/CC[C@@H](O)CCCCC[C@H](O)CC1=C[C@@H](C)OC1=O. The van der Waals surface area contributed by atoms with E-state index in [4.69, 9.17) is 4.74 Å². The number of carbonyl (C=O) groups excluding carboxylic acids is 1. The zero-order valence-corrected chi connectivity index (χ0v) is 27.6. The molecule has 0 amide bonds. The van der Waals surface area contributed by atoms with Crippen molar-refractivity contribution < 1.29 is 30.0 Å². The molecular weight excluding hydrogens is 540 g/mol. The summed E-state index contributed by atoms with van der Waals surface area (Å²) in [6.07, 6.45) is 31.1. The Morgan fingerprint density at radius 3 is 1.67 bits per heavy atom. The highest BCUT2D eigenvalue weighted by Crippen LogP contribution is 2.21. The van der Waals surface area contributed by atoms with Crippen LogP contribution in [0.15, 0.2) is 36.0 Å². The van der Waals surface area contributed by atoms with Gasteiger partial charge in [-0.1, -0.05) is 115 Å². The Balaban J connectivity index is 1.91. The standard InChI is InChI=1S/C37H66O6/c1-3-4-5-6-7-8-9-13-16-22-27-35(40)36(41)28-23-17-14-11-10-12-15-19-24-33(38)25-20-18-21-26-34(39)30-32-29-31(2)43-37(32)42/h12,14-15,17,29,31,33-36,38-41H,3-11,13,16,18-28,30H2,1-2H3/b15-12+,17-14+/t31-,33-,34+,35-,36+/m1/s1. The first-order valence-electron chi connectivity index (χ1n) is 17.8. The van der Waals surface area contributed by atoms with Gasteiger partial charge in [-0.15, -0.1) is 0 Å². The second-order valence-corrected chi connectivity index (χ2v) is 12.7. The molecule has 0 aliphatic carbocycles. The van der Waals surface area contributed by atoms with Gasteiger partial charge in [-0.05, 0) is 70.8 Å². The van der Waals surface area contributed by atoms with E-state index in [-0.39, 0.29) is 18.2 Å². The Morgan fingerprint density at radius 2 is 1.09 bits per heavy atom. The molecule has 1 aliphatic rings. The van der Waals surface area contributed by atoms with Crippen molar-refractivity contribution in [2.45, 2.75) is 192 Å². The summed E-state index contributed by atoms with van der Waals surface area (Å²) in [4.78, 5) is 11.6. The van der Waals surface area contributed by atoms with Gasteiger partial charge in [0.05, 0.1) is 24.4 Å². The van der Waals surface area contributed by atoms with Crippen molar-refractivity contribution in [2.24, 2.45) is 0 Å². The van der Waals surface area contributed by atoms with E-state index in [1.807, 2.05) is 6.92 Å². The van der Waals surface area contributed by atoms with E-state index in [1.165, 1.54) is 51.4 Å². The highest BCUT2D eigenvalue weighted by molar-refractivity contribution is 5.90. The summed E-state index contributed by atoms with van der Waals surface area (Å²) in [6, 6.07) is 0. The minimum Gasteiger partial charge on any atom is -0.455 e. The molecule has 6 heteroatoms. The van der Waals surface area contributed by atoms with Crippen molar-refractivity contribution >= 4 is 5.97 Å². The number of ether oxygens (including phenoxy) is 1. The van der Waals surface area contributed by atoms with Crippen molar-refractivity contribution in [3.05, 3.63) is 36.0 Å². The van der Waals surface area contributed by atoms with Crippen molar-refractivity contribution in [1.82, 2.24) is 0 Å². The second kappa shape index (κ2) is 26.9. The number of unbranched alkanes of at least 4 members (excludes halogenated alkanes) is 12. The Hall–Kier alpha value is -1.47. The summed E-state index contributed by atoms with van der Waals surface area (Å²) in [5.74, 6) is -0.308. The molecule has 0 aromatic heterocycles. The molecule has 0 aromatic carbocycles. The van der Waals surface area contributed by atoms with Crippen LogP contribution in [0.2, 0.25) is 0 Å². The molecule has 0 saturated carbocycles. The van der Waals surface area contributed by atoms with Gasteiger partial charge >= 0.3 is 5.97 Å². The number of cyclic esters (lactones) is 1. The van der Waals surface area contributed by atoms with Gasteiger partial charge in [0.25, 0.3) is 0 Å². The maximum absolute atomic E-state index is 11.6. The lowest BCUT2D eigenvalue weighted by Crippen LogP contribution is -2.25. The number of esters is 1. The molecule has 1 rings (SSSR count). The van der Waals surface area contributed by atoms with Crippen molar-refractivity contribution in [3.63, 3.8) is 0 Å². The molecule has 0 aromatic rings. The third-order valence-electron chi connectivity index (χ3n) is 8.45. The van der Waals surface area contributed by atoms with Gasteiger partial charge in [0, 0.05) is 12.0 Å². The average molecular weight is 607 g/mol. The van der Waals surface area contributed by atoms with Gasteiger partial charge in [-0.25, -0.2) is 4.79 Å². The average Bonchev–Trinajstić information content (AvgIpc) is 3.30. The molecule has 4 N–H and O–H groups in total. The van der Waals surface area contributed by atoms with Gasteiger partial charge in [-0.3, -0.25) is 0 Å². The van der Waals surface area contributed by atoms with Crippen LogP contribution in [0.3, 0.4) is 0 Å². The number of aliphatic hydroxyl groups is 4. The zero-order valence-electron chi connectivity index (χ0n) is 27.6. The summed E-state index contributed by atoms with van der Waals surface area (Å²) in [5, 5.41) is 40.8. The zero-order chi connectivity index (χ0) is 31.5. The van der Waals surface area contributed by atoms with Crippen LogP contribution in [0.25, 0.3) is 0 Å². The number of allylic oxidation sites excluding steroid dienone is 4. The van der Waals surface area contributed by atoms with E-state index in [9.17, 15) is 25.2 Å². The normalized spacial score (nSPS) is 18.3. The first kappa shape index (κ1) is 39.6. The van der Waals surface area contributed by atoms with Crippen LogP contribution < -0.4 is 0 Å². The molecule has 250 valence electrons. The quantitative estimate of drug-likeness (QED) is 0.0387. The monoisotopic (exact) mass is 606 g/mol. The molecule has 5 atom stereocenters. The third-order valence-corrected chi connectivity index (χ3v) is 8.45. The van der Waals surface area contributed by atoms with Crippen LogP contribution in [0.4, 0.5) is 0 Å². The van der Waals surface area contributed by atoms with Gasteiger partial charge in [0.1, 0.15) is 6.10 Å². The molecule has 0 bridgehead atoms. The number of carbonyl (C=O) groups is 1. The van der Waals surface area contributed by atoms with Crippen LogP contribution in [0.5, 0.6) is 0 Å². The summed E-state index contributed by atoms with van der Waals surface area (Å²) in [7, 11) is 0. The molecular formula is C37H66O6. The molecule has 0 unspecified atom stereocenters. The first-order valence-corrected chi connectivity index (χ1v) is 17.8. The number of hydrogen-bond acceptors (Lipinski definition) is 6. The highest BCUT2D eigenvalue weighted by atomic mass is 16.5. The fourth-order valence-electron chi connectivity index (χ4n) is 5.66. The molecule has 6 nitrogen and oxygen atoms in total. The Morgan fingerprint density at radius 1 is 0.628 bits per heavy atom. The van der Waals surface area contributed by atoms with E-state index < -0.39 is 18.3 Å². The van der Waals surface area contributed by atoms with Crippen molar-refractivity contribution in [1.29, 1.82) is 0 Å². The van der Waals surface area contributed by atoms with E-state index in [0.29, 0.717) is 31.3 Å². The topological polar surface area (TPSA) is 107 Å². The van der Waals surface area contributed by atoms with Crippen LogP contribution >= 0.6 is 0 Å². The third kappa shape index (κ3) is 22.7. The number of rotatable bonds is 29. The smallest absolute Gasteiger partial charge is 0.334 e. The van der Waals surface area contributed by atoms with Crippen LogP contribution in [0, 0.1) is 0 Å². The number of hydrogen-bond donors (Lipinski definition) is 4. The molecule has 1 aliphatic heterocycles.